The lowest BCUT2D eigenvalue weighted by atomic mass is 10.2. The summed E-state index contributed by atoms with van der Waals surface area (Å²) in [5.74, 6) is -4.64. The second-order valence-electron chi connectivity index (χ2n) is 2.25. The Morgan fingerprint density at radius 1 is 1.00 bits per heavy atom. The molecule has 13 heavy (non-hydrogen) atoms. The van der Waals surface area contributed by atoms with E-state index in [1.807, 2.05) is 22.6 Å². The van der Waals surface area contributed by atoms with Crippen LogP contribution in [0.25, 0.3) is 0 Å². The molecule has 0 atom stereocenters. The molecule has 0 unspecified atom stereocenters. The summed E-state index contributed by atoms with van der Waals surface area (Å²) in [6, 6.07) is 0. The minimum Gasteiger partial charge on any atom is -0.380 e. The zero-order valence-corrected chi connectivity index (χ0v) is 8.66. The molecule has 1 nitrogen and oxygen atoms in total. The Labute approximate surface area is 85.8 Å². The van der Waals surface area contributed by atoms with Gasteiger partial charge in [-0.3, -0.25) is 0 Å². The van der Waals surface area contributed by atoms with Crippen LogP contribution >= 0.6 is 22.6 Å². The summed E-state index contributed by atoms with van der Waals surface area (Å²) >= 11 is 1.93. The van der Waals surface area contributed by atoms with Crippen LogP contribution in [0, 0.1) is 0 Å². The summed E-state index contributed by atoms with van der Waals surface area (Å²) in [5, 5.41) is 0. The van der Waals surface area contributed by atoms with Gasteiger partial charge in [0.15, 0.2) is 0 Å². The minimum absolute atomic E-state index is 0.189. The van der Waals surface area contributed by atoms with Gasteiger partial charge >= 0.3 is 12.1 Å². The first kappa shape index (κ1) is 13.3. The Bertz CT molecular complexity index is 146. The smallest absolute Gasteiger partial charge is 0.380 e. The average molecular weight is 318 g/mol. The summed E-state index contributed by atoms with van der Waals surface area (Å²) in [5.41, 5.74) is 0. The molecule has 0 heterocycles. The van der Waals surface area contributed by atoms with Crippen LogP contribution in [0.1, 0.15) is 6.42 Å². The quantitative estimate of drug-likeness (QED) is 0.328. The zero-order valence-electron chi connectivity index (χ0n) is 6.50. The van der Waals surface area contributed by atoms with Gasteiger partial charge in [-0.25, -0.2) is 0 Å². The topological polar surface area (TPSA) is 9.23 Å². The van der Waals surface area contributed by atoms with Crippen LogP contribution in [-0.4, -0.2) is 29.7 Å². The lowest BCUT2D eigenvalue weighted by Gasteiger charge is -2.18. The van der Waals surface area contributed by atoms with Crippen LogP contribution in [0.15, 0.2) is 0 Å². The van der Waals surface area contributed by atoms with Crippen molar-refractivity contribution in [1.82, 2.24) is 0 Å². The first-order valence-electron chi connectivity index (χ1n) is 3.39. The standard InChI is InChI=1S/C6H8F5IO/c7-5(8,6(9,10)11)1-3-13-4-2-12/h1-4H2. The van der Waals surface area contributed by atoms with Gasteiger partial charge < -0.3 is 4.74 Å². The number of hydrogen-bond acceptors (Lipinski definition) is 1. The molecule has 0 aliphatic rings. The predicted octanol–water partition coefficient (Wildman–Crippen LogP) is 3.03. The number of hydrogen-bond donors (Lipinski definition) is 0. The Kier molecular flexibility index (Phi) is 5.42. The highest BCUT2D eigenvalue weighted by Crippen LogP contribution is 2.37. The molecule has 7 heteroatoms. The van der Waals surface area contributed by atoms with Gasteiger partial charge in [0.25, 0.3) is 0 Å². The predicted molar refractivity (Wildman–Crippen MR) is 45.3 cm³/mol. The Balaban J connectivity index is 3.77. The van der Waals surface area contributed by atoms with Gasteiger partial charge in [0.05, 0.1) is 13.2 Å². The second kappa shape index (κ2) is 5.28. The maximum atomic E-state index is 12.2. The van der Waals surface area contributed by atoms with E-state index < -0.39 is 25.1 Å². The van der Waals surface area contributed by atoms with Crippen molar-refractivity contribution < 1.29 is 26.7 Å². The fourth-order valence-corrected chi connectivity index (χ4v) is 0.810. The van der Waals surface area contributed by atoms with Gasteiger partial charge in [-0.05, 0) is 0 Å². The van der Waals surface area contributed by atoms with Gasteiger partial charge in [-0.1, -0.05) is 22.6 Å². The van der Waals surface area contributed by atoms with E-state index in [1.165, 1.54) is 0 Å². The van der Waals surface area contributed by atoms with Crippen molar-refractivity contribution >= 4 is 22.6 Å². The molecule has 0 radical (unpaired) electrons. The molecule has 0 aromatic carbocycles. The molecule has 0 aliphatic carbocycles. The third-order valence-electron chi connectivity index (χ3n) is 1.20. The highest BCUT2D eigenvalue weighted by molar-refractivity contribution is 14.1. The highest BCUT2D eigenvalue weighted by Gasteiger charge is 2.56. The molecule has 0 bridgehead atoms. The third-order valence-corrected chi connectivity index (χ3v) is 1.64. The van der Waals surface area contributed by atoms with Crippen LogP contribution in [0.2, 0.25) is 0 Å². The van der Waals surface area contributed by atoms with Crippen molar-refractivity contribution in [2.45, 2.75) is 18.5 Å². The minimum atomic E-state index is -5.47. The van der Waals surface area contributed by atoms with Gasteiger partial charge in [-0.15, -0.1) is 0 Å². The van der Waals surface area contributed by atoms with E-state index in [9.17, 15) is 22.0 Å². The maximum absolute atomic E-state index is 12.2. The Hall–Kier alpha value is 0.340. The molecule has 0 amide bonds. The Morgan fingerprint density at radius 2 is 1.54 bits per heavy atom. The zero-order chi connectivity index (χ0) is 10.5. The molecule has 0 saturated carbocycles. The van der Waals surface area contributed by atoms with Crippen LogP contribution in [0.3, 0.4) is 0 Å². The summed E-state index contributed by atoms with van der Waals surface area (Å²) in [6.45, 7) is -0.385. The fourth-order valence-electron chi connectivity index (χ4n) is 0.499. The molecule has 0 fully saturated rings. The summed E-state index contributed by atoms with van der Waals surface area (Å²) in [7, 11) is 0. The van der Waals surface area contributed by atoms with Crippen LogP contribution < -0.4 is 0 Å². The fraction of sp³-hybridized carbons (Fsp3) is 1.00. The molecule has 80 valence electrons. The van der Waals surface area contributed by atoms with Crippen molar-refractivity contribution in [3.05, 3.63) is 0 Å². The van der Waals surface area contributed by atoms with Gasteiger partial charge in [0, 0.05) is 10.8 Å². The maximum Gasteiger partial charge on any atom is 0.453 e. The number of ether oxygens (including phenoxy) is 1. The van der Waals surface area contributed by atoms with Crippen molar-refractivity contribution in [3.63, 3.8) is 0 Å². The summed E-state index contributed by atoms with van der Waals surface area (Å²) in [4.78, 5) is 0. The van der Waals surface area contributed by atoms with Crippen molar-refractivity contribution in [1.29, 1.82) is 0 Å². The average Bonchev–Trinajstić information content (AvgIpc) is 1.96. The van der Waals surface area contributed by atoms with E-state index in [2.05, 4.69) is 4.74 Å². The van der Waals surface area contributed by atoms with Crippen molar-refractivity contribution in [3.8, 4) is 0 Å². The molecule has 0 aromatic rings. The lowest BCUT2D eigenvalue weighted by Crippen LogP contribution is -2.37. The van der Waals surface area contributed by atoms with E-state index in [1.54, 1.807) is 0 Å². The van der Waals surface area contributed by atoms with Crippen LogP contribution in [-0.2, 0) is 4.74 Å². The number of rotatable bonds is 5. The first-order chi connectivity index (χ1) is 5.81. The summed E-state index contributed by atoms with van der Waals surface area (Å²) < 4.78 is 64.0. The number of alkyl halides is 6. The highest BCUT2D eigenvalue weighted by atomic mass is 127. The van der Waals surface area contributed by atoms with E-state index in [4.69, 9.17) is 0 Å². The lowest BCUT2D eigenvalue weighted by molar-refractivity contribution is -0.286. The molecule has 0 aliphatic heterocycles. The van der Waals surface area contributed by atoms with E-state index in [0.29, 0.717) is 4.43 Å². The summed E-state index contributed by atoms with van der Waals surface area (Å²) in [6.07, 6.45) is -6.78. The van der Waals surface area contributed by atoms with Crippen LogP contribution in [0.5, 0.6) is 0 Å². The molecular formula is C6H8F5IO. The van der Waals surface area contributed by atoms with Crippen molar-refractivity contribution in [2.24, 2.45) is 0 Å². The van der Waals surface area contributed by atoms with E-state index in [0.717, 1.165) is 0 Å². The van der Waals surface area contributed by atoms with Gasteiger partial charge in [0.2, 0.25) is 0 Å². The van der Waals surface area contributed by atoms with Gasteiger partial charge in [0.1, 0.15) is 0 Å². The molecule has 0 rings (SSSR count). The molecular weight excluding hydrogens is 310 g/mol. The second-order valence-corrected chi connectivity index (χ2v) is 3.33. The molecule has 0 spiro atoms. The molecule has 0 saturated heterocycles. The van der Waals surface area contributed by atoms with E-state index in [-0.39, 0.29) is 6.61 Å². The largest absolute Gasteiger partial charge is 0.453 e. The SMILES string of the molecule is FC(F)(F)C(F)(F)CCOCCI. The molecule has 0 aromatic heterocycles. The van der Waals surface area contributed by atoms with Crippen molar-refractivity contribution in [2.75, 3.05) is 17.6 Å². The molecule has 0 N–H and O–H groups in total. The Morgan fingerprint density at radius 3 is 1.92 bits per heavy atom. The van der Waals surface area contributed by atoms with E-state index >= 15 is 0 Å². The number of halogens is 6. The normalized spacial score (nSPS) is 13.4. The van der Waals surface area contributed by atoms with Gasteiger partial charge in [-0.2, -0.15) is 22.0 Å². The third kappa shape index (κ3) is 4.94. The first-order valence-corrected chi connectivity index (χ1v) is 4.92. The van der Waals surface area contributed by atoms with Crippen LogP contribution in [0.4, 0.5) is 22.0 Å². The monoisotopic (exact) mass is 318 g/mol.